The van der Waals surface area contributed by atoms with E-state index >= 15 is 0 Å². The Hall–Kier alpha value is -2.81. The lowest BCUT2D eigenvalue weighted by atomic mass is 10.0. The van der Waals surface area contributed by atoms with Crippen LogP contribution in [0, 0.1) is 0 Å². The number of quaternary nitrogens is 1. The van der Waals surface area contributed by atoms with E-state index in [0.717, 1.165) is 89.9 Å². The molecule has 3 unspecified atom stereocenters. The quantitative estimate of drug-likeness (QED) is 0.0212. The number of nitrogens with zero attached hydrogens (tertiary/aromatic N) is 1. The third kappa shape index (κ3) is 65.5. The molecule has 0 aliphatic heterocycles. The van der Waals surface area contributed by atoms with Crippen molar-refractivity contribution in [2.75, 3.05) is 40.9 Å². The maximum Gasteiger partial charge on any atom is 0.306 e. The van der Waals surface area contributed by atoms with Crippen molar-refractivity contribution in [1.29, 1.82) is 0 Å². The van der Waals surface area contributed by atoms with Gasteiger partial charge in [-0.3, -0.25) is 14.2 Å². The van der Waals surface area contributed by atoms with Crippen molar-refractivity contribution >= 4 is 19.7 Å². The molecule has 0 radical (unpaired) electrons. The molecule has 494 valence electrons. The van der Waals surface area contributed by atoms with Gasteiger partial charge in [-0.2, -0.15) is 0 Å². The molecule has 0 aromatic carbocycles. The number of phosphoric ester groups is 1. The van der Waals surface area contributed by atoms with Crippen molar-refractivity contribution in [3.63, 3.8) is 0 Å². The molecular formula is C75H137N2O7P. The maximum absolute atomic E-state index is 13.6. The first-order chi connectivity index (χ1) is 41.4. The molecule has 1 amide bonds. The van der Waals surface area contributed by atoms with Gasteiger partial charge >= 0.3 is 5.97 Å². The van der Waals surface area contributed by atoms with Crippen molar-refractivity contribution < 1.29 is 37.3 Å². The van der Waals surface area contributed by atoms with Crippen molar-refractivity contribution in [2.24, 2.45) is 0 Å². The third-order valence-electron chi connectivity index (χ3n) is 15.8. The molecular weight excluding hydrogens is 1070 g/mol. The molecule has 0 bridgehead atoms. The van der Waals surface area contributed by atoms with Gasteiger partial charge < -0.3 is 28.5 Å². The average Bonchev–Trinajstić information content (AvgIpc) is 3.53. The Morgan fingerprint density at radius 3 is 1.09 bits per heavy atom. The van der Waals surface area contributed by atoms with Crippen LogP contribution in [0.2, 0.25) is 0 Å². The molecule has 0 saturated carbocycles. The minimum Gasteiger partial charge on any atom is -0.756 e. The molecule has 10 heteroatoms. The number of carbonyl (C=O) groups excluding carboxylic acids is 2. The molecule has 1 N–H and O–H groups in total. The van der Waals surface area contributed by atoms with E-state index < -0.39 is 26.6 Å². The number of carbonyl (C=O) groups is 2. The highest BCUT2D eigenvalue weighted by Crippen LogP contribution is 2.38. The molecule has 0 fully saturated rings. The summed E-state index contributed by atoms with van der Waals surface area (Å²) >= 11 is 0. The number of ether oxygens (including phenoxy) is 1. The van der Waals surface area contributed by atoms with Crippen LogP contribution in [0.4, 0.5) is 0 Å². The third-order valence-corrected chi connectivity index (χ3v) is 16.8. The molecule has 0 aromatic rings. The Kier molecular flexibility index (Phi) is 62.1. The van der Waals surface area contributed by atoms with E-state index in [2.05, 4.69) is 99.0 Å². The van der Waals surface area contributed by atoms with Gasteiger partial charge in [0.2, 0.25) is 5.91 Å². The normalized spacial score (nSPS) is 14.0. The van der Waals surface area contributed by atoms with Crippen LogP contribution in [-0.4, -0.2) is 69.4 Å². The molecule has 0 aliphatic carbocycles. The van der Waals surface area contributed by atoms with E-state index in [9.17, 15) is 19.0 Å². The predicted octanol–water partition coefficient (Wildman–Crippen LogP) is 22.3. The van der Waals surface area contributed by atoms with Crippen LogP contribution in [0.15, 0.2) is 85.1 Å². The molecule has 9 nitrogen and oxygen atoms in total. The summed E-state index contributed by atoms with van der Waals surface area (Å²) in [6, 6.07) is -0.899. The number of hydrogen-bond acceptors (Lipinski definition) is 7. The monoisotopic (exact) mass is 1210 g/mol. The zero-order valence-electron chi connectivity index (χ0n) is 56.6. The highest BCUT2D eigenvalue weighted by molar-refractivity contribution is 7.45. The first-order valence-corrected chi connectivity index (χ1v) is 37.4. The molecule has 0 aliphatic rings. The van der Waals surface area contributed by atoms with Gasteiger partial charge in [0.25, 0.3) is 7.82 Å². The van der Waals surface area contributed by atoms with Gasteiger partial charge in [-0.25, -0.2) is 0 Å². The number of unbranched alkanes of at least 4 members (excludes halogenated alkanes) is 37. The SMILES string of the molecule is CCCCC/C=C\C/C=C\C/C=C\CCCCCCCCCCCCCCCCC(=O)NC(COP(=O)([O-])OCC[N+](C)(C)C)C(/C=C\CCCCCCCCCCCCC)OC(=O)CCCCCCCC/C=C\C/C=C\C/C=C\CCCCC. The number of phosphoric acid groups is 1. The lowest BCUT2D eigenvalue weighted by Crippen LogP contribution is -2.47. The fraction of sp³-hybridized carbons (Fsp3) is 0.787. The molecule has 0 rings (SSSR count). The zero-order chi connectivity index (χ0) is 62.1. The number of hydrogen-bond donors (Lipinski definition) is 1. The van der Waals surface area contributed by atoms with Crippen LogP contribution in [0.25, 0.3) is 0 Å². The van der Waals surface area contributed by atoms with Crippen molar-refractivity contribution in [3.05, 3.63) is 85.1 Å². The molecule has 0 aromatic heterocycles. The second kappa shape index (κ2) is 64.2. The second-order valence-corrected chi connectivity index (χ2v) is 26.8. The van der Waals surface area contributed by atoms with Crippen LogP contribution in [-0.2, 0) is 27.9 Å². The topological polar surface area (TPSA) is 114 Å². The van der Waals surface area contributed by atoms with Gasteiger partial charge in [-0.05, 0) is 109 Å². The summed E-state index contributed by atoms with van der Waals surface area (Å²) in [7, 11) is 1.18. The first kappa shape index (κ1) is 82.2. The average molecular weight is 1210 g/mol. The highest BCUT2D eigenvalue weighted by atomic mass is 31.2. The minimum atomic E-state index is -4.71. The standard InChI is InChI=1S/C75H137N2O7P/c1-7-10-13-16-19-22-25-28-30-32-34-35-36-37-38-39-40-41-43-44-46-49-52-55-58-61-64-67-74(78)76-72(71-83-85(80,81)82-70-69-77(4,5)6)73(66-63-60-57-54-51-48-27-24-21-18-15-12-9-3)84-75(79)68-65-62-59-56-53-50-47-45-42-33-31-29-26-23-20-17-14-11-8-2/h19-20,22-23,28-31,34-35,42,45,63,66,72-73H,7-18,21,24-27,32-33,36-41,43-44,46-62,64-65,67-71H2,1-6H3,(H-,76,78,80,81)/b22-19-,23-20-,30-28-,31-29-,35-34-,45-42-,66-63-. The van der Waals surface area contributed by atoms with Gasteiger partial charge in [0, 0.05) is 12.8 Å². The van der Waals surface area contributed by atoms with Gasteiger partial charge in [0.1, 0.15) is 19.3 Å². The summed E-state index contributed by atoms with van der Waals surface area (Å²) in [6.45, 7) is 6.81. The smallest absolute Gasteiger partial charge is 0.306 e. The van der Waals surface area contributed by atoms with Crippen molar-refractivity contribution in [2.45, 2.75) is 341 Å². The summed E-state index contributed by atoms with van der Waals surface area (Å²) in [5, 5.41) is 3.04. The van der Waals surface area contributed by atoms with E-state index in [1.807, 2.05) is 33.3 Å². The molecule has 85 heavy (non-hydrogen) atoms. The Morgan fingerprint density at radius 1 is 0.412 bits per heavy atom. The van der Waals surface area contributed by atoms with E-state index in [1.165, 1.54) is 199 Å². The minimum absolute atomic E-state index is 0.0268. The molecule has 3 atom stereocenters. The Morgan fingerprint density at radius 2 is 0.718 bits per heavy atom. The summed E-state index contributed by atoms with van der Waals surface area (Å²) < 4.78 is 30.5. The largest absolute Gasteiger partial charge is 0.756 e. The molecule has 0 saturated heterocycles. The lowest BCUT2D eigenvalue weighted by molar-refractivity contribution is -0.870. The molecule has 0 heterocycles. The number of rotatable bonds is 65. The van der Waals surface area contributed by atoms with Gasteiger partial charge in [0.15, 0.2) is 0 Å². The Bertz CT molecular complexity index is 1730. The van der Waals surface area contributed by atoms with Crippen molar-refractivity contribution in [3.8, 4) is 0 Å². The van der Waals surface area contributed by atoms with Crippen LogP contribution < -0.4 is 10.2 Å². The number of allylic oxidation sites excluding steroid dienone is 13. The fourth-order valence-corrected chi connectivity index (χ4v) is 11.0. The number of nitrogens with one attached hydrogen (secondary N) is 1. The van der Waals surface area contributed by atoms with E-state index in [0.29, 0.717) is 23.9 Å². The molecule has 0 spiro atoms. The summed E-state index contributed by atoms with van der Waals surface area (Å²) in [5.41, 5.74) is 0. The second-order valence-electron chi connectivity index (χ2n) is 25.4. The highest BCUT2D eigenvalue weighted by Gasteiger charge is 2.27. The lowest BCUT2D eigenvalue weighted by Gasteiger charge is -2.30. The van der Waals surface area contributed by atoms with E-state index in [4.69, 9.17) is 13.8 Å². The summed E-state index contributed by atoms with van der Waals surface area (Å²) in [4.78, 5) is 40.2. The van der Waals surface area contributed by atoms with Gasteiger partial charge in [0.05, 0.1) is 33.8 Å². The van der Waals surface area contributed by atoms with Crippen LogP contribution >= 0.6 is 7.82 Å². The van der Waals surface area contributed by atoms with Gasteiger partial charge in [-0.1, -0.05) is 292 Å². The fourth-order valence-electron chi connectivity index (χ4n) is 10.2. The van der Waals surface area contributed by atoms with Crippen LogP contribution in [0.1, 0.15) is 329 Å². The van der Waals surface area contributed by atoms with Crippen LogP contribution in [0.3, 0.4) is 0 Å². The van der Waals surface area contributed by atoms with E-state index in [1.54, 1.807) is 0 Å². The Labute approximate surface area is 526 Å². The van der Waals surface area contributed by atoms with E-state index in [-0.39, 0.29) is 24.9 Å². The summed E-state index contributed by atoms with van der Waals surface area (Å²) in [5.74, 6) is -0.549. The Balaban J connectivity index is 5.08. The summed E-state index contributed by atoms with van der Waals surface area (Å²) in [6.07, 6.45) is 85.6. The zero-order valence-corrected chi connectivity index (χ0v) is 57.4. The number of esters is 1. The number of likely N-dealkylation sites (N-methyl/N-ethyl adjacent to an activating group) is 1. The number of amides is 1. The van der Waals surface area contributed by atoms with Crippen molar-refractivity contribution in [1.82, 2.24) is 5.32 Å². The maximum atomic E-state index is 13.6. The first-order valence-electron chi connectivity index (χ1n) is 35.9. The van der Waals surface area contributed by atoms with Crippen LogP contribution in [0.5, 0.6) is 0 Å². The predicted molar refractivity (Wildman–Crippen MR) is 367 cm³/mol. The van der Waals surface area contributed by atoms with Gasteiger partial charge in [-0.15, -0.1) is 0 Å².